The number of rotatable bonds is 9. The molecular weight excluding hydrogens is 449 g/mol. The van der Waals surface area contributed by atoms with Crippen LogP contribution in [-0.4, -0.2) is 46.2 Å². The van der Waals surface area contributed by atoms with Gasteiger partial charge in [-0.2, -0.15) is 10.2 Å². The maximum atomic E-state index is 12.8. The second-order valence-electron chi connectivity index (χ2n) is 6.05. The summed E-state index contributed by atoms with van der Waals surface area (Å²) in [4.78, 5) is 24.9. The molecule has 0 aliphatic carbocycles. The van der Waals surface area contributed by atoms with Crippen molar-refractivity contribution in [2.24, 2.45) is 10.2 Å². The Morgan fingerprint density at radius 1 is 0.935 bits per heavy atom. The summed E-state index contributed by atoms with van der Waals surface area (Å²) >= 11 is 12.3. The maximum absolute atomic E-state index is 12.8. The lowest BCUT2D eigenvalue weighted by Crippen LogP contribution is -2.36. The number of carbonyl (C=O) groups is 2. The van der Waals surface area contributed by atoms with Crippen molar-refractivity contribution in [3.63, 3.8) is 0 Å². The molecule has 0 spiro atoms. The molecular formula is C20H21Cl2N3O6. The predicted molar refractivity (Wildman–Crippen MR) is 116 cm³/mol. The lowest BCUT2D eigenvalue weighted by Gasteiger charge is -2.18. The van der Waals surface area contributed by atoms with E-state index in [0.717, 1.165) is 4.42 Å². The van der Waals surface area contributed by atoms with E-state index in [1.807, 2.05) is 0 Å². The van der Waals surface area contributed by atoms with Crippen molar-refractivity contribution in [1.82, 2.24) is 0 Å². The number of Topliss-reactive ketones (excluding diaryl/α,β-unsaturated/α-hetero) is 1. The average molecular weight is 470 g/mol. The Kier molecular flexibility index (Phi) is 8.47. The second kappa shape index (κ2) is 10.8. The number of nitrogens with zero attached hydrogens (tertiary/aromatic N) is 3. The van der Waals surface area contributed by atoms with Crippen LogP contribution in [0.3, 0.4) is 0 Å². The highest BCUT2D eigenvalue weighted by atomic mass is 35.5. The third-order valence-corrected chi connectivity index (χ3v) is 4.76. The number of anilines is 1. The van der Waals surface area contributed by atoms with Crippen LogP contribution < -0.4 is 23.4 Å². The Morgan fingerprint density at radius 3 is 2.13 bits per heavy atom. The highest BCUT2D eigenvalue weighted by molar-refractivity contribution is 6.39. The zero-order valence-corrected chi connectivity index (χ0v) is 19.0. The molecule has 0 radical (unpaired) electrons. The van der Waals surface area contributed by atoms with Gasteiger partial charge in [0, 0.05) is 23.9 Å². The van der Waals surface area contributed by atoms with Crippen LogP contribution in [-0.2, 0) is 9.59 Å². The van der Waals surface area contributed by atoms with E-state index in [1.165, 1.54) is 59.6 Å². The fourth-order valence-electron chi connectivity index (χ4n) is 2.57. The number of azo groups is 1. The van der Waals surface area contributed by atoms with Gasteiger partial charge < -0.3 is 18.9 Å². The number of benzene rings is 2. The van der Waals surface area contributed by atoms with Gasteiger partial charge in [-0.25, -0.2) is 4.42 Å². The molecule has 1 unspecified atom stereocenters. The number of ether oxygens (including phenoxy) is 4. The standard InChI is InChI=1S/C20H21Cl2N3O6/c1-11(26)18(24-23-12-8-14(21)19(31-5)17(9-12)30-4)20(27)25(22)13-6-7-15(28-2)16(10-13)29-3/h6-10,18H,1-5H3. The predicted octanol–water partition coefficient (Wildman–Crippen LogP) is 4.60. The van der Waals surface area contributed by atoms with Gasteiger partial charge in [-0.15, -0.1) is 0 Å². The lowest BCUT2D eigenvalue weighted by molar-refractivity contribution is -0.126. The summed E-state index contributed by atoms with van der Waals surface area (Å²) in [5.74, 6) is 0.112. The number of ketones is 1. The quantitative estimate of drug-likeness (QED) is 0.302. The van der Waals surface area contributed by atoms with Gasteiger partial charge in [0.25, 0.3) is 5.91 Å². The first-order valence-electron chi connectivity index (χ1n) is 8.81. The third kappa shape index (κ3) is 5.56. The van der Waals surface area contributed by atoms with E-state index in [4.69, 9.17) is 42.3 Å². The first-order valence-corrected chi connectivity index (χ1v) is 9.53. The normalized spacial score (nSPS) is 11.7. The molecule has 1 atom stereocenters. The van der Waals surface area contributed by atoms with Gasteiger partial charge in [0.05, 0.1) is 44.8 Å². The summed E-state index contributed by atoms with van der Waals surface area (Å²) in [5.41, 5.74) is 0.522. The molecule has 11 heteroatoms. The minimum absolute atomic E-state index is 0.228. The van der Waals surface area contributed by atoms with Crippen molar-refractivity contribution in [2.75, 3.05) is 32.9 Å². The smallest absolute Gasteiger partial charge is 0.276 e. The minimum Gasteiger partial charge on any atom is -0.493 e. The van der Waals surface area contributed by atoms with Gasteiger partial charge >= 0.3 is 0 Å². The summed E-state index contributed by atoms with van der Waals surface area (Å²) in [6.45, 7) is 1.21. The van der Waals surface area contributed by atoms with Crippen LogP contribution in [0.2, 0.25) is 5.02 Å². The Labute approximate surface area is 189 Å². The number of halogens is 2. The molecule has 2 rings (SSSR count). The van der Waals surface area contributed by atoms with Gasteiger partial charge in [-0.05, 0) is 25.1 Å². The Bertz CT molecular complexity index is 999. The molecule has 0 saturated heterocycles. The molecule has 31 heavy (non-hydrogen) atoms. The van der Waals surface area contributed by atoms with Crippen molar-refractivity contribution in [1.29, 1.82) is 0 Å². The Morgan fingerprint density at radius 2 is 1.58 bits per heavy atom. The highest BCUT2D eigenvalue weighted by Crippen LogP contribution is 2.39. The van der Waals surface area contributed by atoms with E-state index in [0.29, 0.717) is 23.0 Å². The number of methoxy groups -OCH3 is 4. The zero-order chi connectivity index (χ0) is 23.1. The van der Waals surface area contributed by atoms with Gasteiger partial charge in [0.1, 0.15) is 0 Å². The number of carbonyl (C=O) groups excluding carboxylic acids is 2. The van der Waals surface area contributed by atoms with Crippen molar-refractivity contribution < 1.29 is 28.5 Å². The molecule has 0 saturated carbocycles. The van der Waals surface area contributed by atoms with Gasteiger partial charge in [-0.1, -0.05) is 11.6 Å². The summed E-state index contributed by atoms with van der Waals surface area (Å²) < 4.78 is 21.5. The molecule has 0 fully saturated rings. The number of hydrogen-bond donors (Lipinski definition) is 0. The number of hydrogen-bond acceptors (Lipinski definition) is 8. The molecule has 0 aliphatic heterocycles. The average Bonchev–Trinajstić information content (AvgIpc) is 2.77. The van der Waals surface area contributed by atoms with Gasteiger partial charge in [-0.3, -0.25) is 9.59 Å². The lowest BCUT2D eigenvalue weighted by atomic mass is 10.2. The molecule has 0 N–H and O–H groups in total. The van der Waals surface area contributed by atoms with E-state index in [9.17, 15) is 9.59 Å². The molecule has 1 amide bonds. The van der Waals surface area contributed by atoms with Crippen LogP contribution in [0.4, 0.5) is 11.4 Å². The zero-order valence-electron chi connectivity index (χ0n) is 17.5. The van der Waals surface area contributed by atoms with Crippen LogP contribution in [0.25, 0.3) is 0 Å². The van der Waals surface area contributed by atoms with E-state index in [2.05, 4.69) is 10.2 Å². The Hall–Kier alpha value is -3.04. The summed E-state index contributed by atoms with van der Waals surface area (Å²) in [6, 6.07) is 6.09. The van der Waals surface area contributed by atoms with Gasteiger partial charge in [0.15, 0.2) is 28.8 Å². The Balaban J connectivity index is 2.33. The van der Waals surface area contributed by atoms with Crippen molar-refractivity contribution in [3.05, 3.63) is 35.4 Å². The van der Waals surface area contributed by atoms with E-state index < -0.39 is 17.7 Å². The molecule has 2 aromatic carbocycles. The molecule has 9 nitrogen and oxygen atoms in total. The van der Waals surface area contributed by atoms with Crippen molar-refractivity contribution in [3.8, 4) is 23.0 Å². The summed E-state index contributed by atoms with van der Waals surface area (Å²) in [5, 5.41) is 8.07. The van der Waals surface area contributed by atoms with Crippen LogP contribution in [0.1, 0.15) is 6.92 Å². The summed E-state index contributed by atoms with van der Waals surface area (Å²) in [7, 11) is 5.81. The first-order chi connectivity index (χ1) is 14.8. The SMILES string of the molecule is COc1ccc(N(Cl)C(=O)C(N=Nc2cc(Cl)c(OC)c(OC)c2)C(C)=O)cc1OC. The van der Waals surface area contributed by atoms with E-state index in [-0.39, 0.29) is 16.4 Å². The molecule has 166 valence electrons. The van der Waals surface area contributed by atoms with E-state index >= 15 is 0 Å². The van der Waals surface area contributed by atoms with Crippen LogP contribution >= 0.6 is 23.4 Å². The molecule has 0 bridgehead atoms. The second-order valence-corrected chi connectivity index (χ2v) is 6.80. The largest absolute Gasteiger partial charge is 0.493 e. The fourth-order valence-corrected chi connectivity index (χ4v) is 3.05. The minimum atomic E-state index is -1.47. The molecule has 2 aromatic rings. The van der Waals surface area contributed by atoms with Crippen molar-refractivity contribution >= 4 is 46.4 Å². The highest BCUT2D eigenvalue weighted by Gasteiger charge is 2.29. The fraction of sp³-hybridized carbons (Fsp3) is 0.300. The van der Waals surface area contributed by atoms with Crippen molar-refractivity contribution in [2.45, 2.75) is 13.0 Å². The van der Waals surface area contributed by atoms with Crippen LogP contribution in [0, 0.1) is 0 Å². The van der Waals surface area contributed by atoms with Crippen LogP contribution in [0.15, 0.2) is 40.6 Å². The topological polar surface area (TPSA) is 99.0 Å². The van der Waals surface area contributed by atoms with Crippen LogP contribution in [0.5, 0.6) is 23.0 Å². The molecule has 0 aliphatic rings. The summed E-state index contributed by atoms with van der Waals surface area (Å²) in [6.07, 6.45) is 0. The molecule has 0 heterocycles. The molecule has 0 aromatic heterocycles. The maximum Gasteiger partial charge on any atom is 0.276 e. The van der Waals surface area contributed by atoms with Gasteiger partial charge in [0.2, 0.25) is 6.04 Å². The monoisotopic (exact) mass is 469 g/mol. The first kappa shape index (κ1) is 24.2. The van der Waals surface area contributed by atoms with E-state index in [1.54, 1.807) is 6.07 Å². The third-order valence-electron chi connectivity index (χ3n) is 4.11. The number of amides is 1.